The van der Waals surface area contributed by atoms with Gasteiger partial charge in [0.2, 0.25) is 0 Å². The van der Waals surface area contributed by atoms with Crippen LogP contribution in [-0.4, -0.2) is 0 Å². The second kappa shape index (κ2) is 11.3. The van der Waals surface area contributed by atoms with Crippen LogP contribution in [0, 0.1) is 13.8 Å². The Kier molecular flexibility index (Phi) is 10.7. The first-order valence-corrected chi connectivity index (χ1v) is 8.53. The highest BCUT2D eigenvalue weighted by Gasteiger charge is 2.07. The minimum absolute atomic E-state index is 0.584. The van der Waals surface area contributed by atoms with Gasteiger partial charge in [0.05, 0.1) is 10.1 Å². The van der Waals surface area contributed by atoms with Gasteiger partial charge in [-0.3, -0.25) is 0 Å². The topological polar surface area (TPSA) is 0 Å². The van der Waals surface area contributed by atoms with Crippen molar-refractivity contribution in [1.82, 2.24) is 0 Å². The molecule has 0 fully saturated rings. The van der Waals surface area contributed by atoms with Gasteiger partial charge in [-0.15, -0.1) is 0 Å². The summed E-state index contributed by atoms with van der Waals surface area (Å²) >= 11 is 12.7. The molecule has 2 rings (SSSR count). The molecular formula is C20H26Cl2. The Bertz CT molecular complexity index is 510. The molecule has 0 heterocycles. The van der Waals surface area contributed by atoms with Crippen LogP contribution in [0.1, 0.15) is 49.9 Å². The summed E-state index contributed by atoms with van der Waals surface area (Å²) in [7, 11) is 0. The van der Waals surface area contributed by atoms with Gasteiger partial charge in [-0.05, 0) is 25.0 Å². The van der Waals surface area contributed by atoms with Crippen molar-refractivity contribution in [2.24, 2.45) is 0 Å². The monoisotopic (exact) mass is 336 g/mol. The van der Waals surface area contributed by atoms with Gasteiger partial charge in [-0.1, -0.05) is 111 Å². The SMILES string of the molecule is CC.CC.Cc1ccc(/C(Cl)=C(\Cl)c2ccc(C)cc2)cc1. The number of halogens is 2. The fourth-order valence-electron chi connectivity index (χ4n) is 1.65. The zero-order valence-corrected chi connectivity index (χ0v) is 15.9. The minimum Gasteiger partial charge on any atom is -0.0820 e. The van der Waals surface area contributed by atoms with Crippen molar-refractivity contribution in [3.05, 3.63) is 70.8 Å². The zero-order chi connectivity index (χ0) is 17.1. The summed E-state index contributed by atoms with van der Waals surface area (Å²) in [5.74, 6) is 0. The maximum absolute atomic E-state index is 6.33. The molecule has 0 N–H and O–H groups in total. The van der Waals surface area contributed by atoms with Crippen molar-refractivity contribution >= 4 is 33.3 Å². The molecule has 2 aromatic carbocycles. The number of benzene rings is 2. The highest BCUT2D eigenvalue weighted by molar-refractivity contribution is 6.65. The largest absolute Gasteiger partial charge is 0.0820 e. The van der Waals surface area contributed by atoms with E-state index in [0.717, 1.165) is 11.1 Å². The van der Waals surface area contributed by atoms with Crippen molar-refractivity contribution in [3.8, 4) is 0 Å². The van der Waals surface area contributed by atoms with Crippen LogP contribution in [0.15, 0.2) is 48.5 Å². The second-order valence-electron chi connectivity index (χ2n) is 4.36. The predicted molar refractivity (Wildman–Crippen MR) is 104 cm³/mol. The van der Waals surface area contributed by atoms with Crippen LogP contribution in [0.25, 0.3) is 10.1 Å². The lowest BCUT2D eigenvalue weighted by Crippen LogP contribution is -1.84. The highest BCUT2D eigenvalue weighted by atomic mass is 35.5. The molecule has 0 saturated heterocycles. The van der Waals surface area contributed by atoms with Crippen LogP contribution in [-0.2, 0) is 0 Å². The lowest BCUT2D eigenvalue weighted by molar-refractivity contribution is 1.45. The molecule has 0 aliphatic heterocycles. The average molecular weight is 337 g/mol. The molecule has 22 heavy (non-hydrogen) atoms. The average Bonchev–Trinajstić information content (AvgIpc) is 2.58. The van der Waals surface area contributed by atoms with E-state index in [9.17, 15) is 0 Å². The lowest BCUT2D eigenvalue weighted by atomic mass is 10.1. The van der Waals surface area contributed by atoms with Crippen LogP contribution in [0.3, 0.4) is 0 Å². The molecule has 0 aliphatic rings. The van der Waals surface area contributed by atoms with E-state index >= 15 is 0 Å². The molecule has 2 heteroatoms. The summed E-state index contributed by atoms with van der Waals surface area (Å²) in [6, 6.07) is 16.0. The van der Waals surface area contributed by atoms with E-state index in [4.69, 9.17) is 23.2 Å². The normalized spacial score (nSPS) is 10.5. The summed E-state index contributed by atoms with van der Waals surface area (Å²) in [5.41, 5.74) is 4.28. The molecule has 0 atom stereocenters. The van der Waals surface area contributed by atoms with Gasteiger partial charge < -0.3 is 0 Å². The standard InChI is InChI=1S/C16H14Cl2.2C2H6/c1-11-3-7-13(8-4-11)15(17)16(18)14-9-5-12(2)6-10-14;2*1-2/h3-10H,1-2H3;2*1-2H3/b16-15+;;. The molecule has 120 valence electrons. The van der Waals surface area contributed by atoms with E-state index in [-0.39, 0.29) is 0 Å². The van der Waals surface area contributed by atoms with Crippen molar-refractivity contribution in [2.45, 2.75) is 41.5 Å². The van der Waals surface area contributed by atoms with E-state index in [1.54, 1.807) is 0 Å². The van der Waals surface area contributed by atoms with Crippen molar-refractivity contribution < 1.29 is 0 Å². The Hall–Kier alpha value is -1.24. The van der Waals surface area contributed by atoms with E-state index in [1.807, 2.05) is 90.1 Å². The molecule has 2 aromatic rings. The first-order valence-electron chi connectivity index (χ1n) is 7.77. The van der Waals surface area contributed by atoms with Gasteiger partial charge >= 0.3 is 0 Å². The van der Waals surface area contributed by atoms with Gasteiger partial charge in [0.25, 0.3) is 0 Å². The van der Waals surface area contributed by atoms with Gasteiger partial charge in [0.15, 0.2) is 0 Å². The van der Waals surface area contributed by atoms with Crippen LogP contribution in [0.2, 0.25) is 0 Å². The number of rotatable bonds is 2. The number of aryl methyl sites for hydroxylation is 2. The van der Waals surface area contributed by atoms with E-state index in [2.05, 4.69) is 0 Å². The molecule has 0 spiro atoms. The van der Waals surface area contributed by atoms with Crippen LogP contribution >= 0.6 is 23.2 Å². The maximum atomic E-state index is 6.33. The van der Waals surface area contributed by atoms with Crippen molar-refractivity contribution in [1.29, 1.82) is 0 Å². The maximum Gasteiger partial charge on any atom is 0.0670 e. The summed E-state index contributed by atoms with van der Waals surface area (Å²) in [5, 5.41) is 1.17. The molecule has 0 nitrogen and oxygen atoms in total. The number of hydrogen-bond acceptors (Lipinski definition) is 0. The fourth-order valence-corrected chi connectivity index (χ4v) is 2.12. The second-order valence-corrected chi connectivity index (χ2v) is 5.12. The Balaban J connectivity index is 0.00000102. The Morgan fingerprint density at radius 2 is 0.773 bits per heavy atom. The number of hydrogen-bond donors (Lipinski definition) is 0. The molecule has 0 aliphatic carbocycles. The molecule has 0 saturated carbocycles. The van der Waals surface area contributed by atoms with Crippen LogP contribution in [0.4, 0.5) is 0 Å². The quantitative estimate of drug-likeness (QED) is 0.493. The van der Waals surface area contributed by atoms with Gasteiger partial charge in [-0.25, -0.2) is 0 Å². The Morgan fingerprint density at radius 1 is 0.545 bits per heavy atom. The molecule has 0 bridgehead atoms. The lowest BCUT2D eigenvalue weighted by Gasteiger charge is -2.05. The minimum atomic E-state index is 0.584. The third kappa shape index (κ3) is 6.25. The van der Waals surface area contributed by atoms with Gasteiger partial charge in [0, 0.05) is 0 Å². The zero-order valence-electron chi connectivity index (χ0n) is 14.4. The summed E-state index contributed by atoms with van der Waals surface area (Å²) in [6.45, 7) is 12.1. The fraction of sp³-hybridized carbons (Fsp3) is 0.300. The Labute approximate surface area is 145 Å². The molecule has 0 unspecified atom stereocenters. The smallest absolute Gasteiger partial charge is 0.0670 e. The van der Waals surface area contributed by atoms with E-state index in [1.165, 1.54) is 11.1 Å². The molecule has 0 aromatic heterocycles. The van der Waals surface area contributed by atoms with Crippen LogP contribution < -0.4 is 0 Å². The van der Waals surface area contributed by atoms with Crippen molar-refractivity contribution in [3.63, 3.8) is 0 Å². The highest BCUT2D eigenvalue weighted by Crippen LogP contribution is 2.32. The van der Waals surface area contributed by atoms with Crippen LogP contribution in [0.5, 0.6) is 0 Å². The predicted octanol–water partition coefficient (Wildman–Crippen LogP) is 7.66. The summed E-state index contributed by atoms with van der Waals surface area (Å²) in [4.78, 5) is 0. The summed E-state index contributed by atoms with van der Waals surface area (Å²) in [6.07, 6.45) is 0. The summed E-state index contributed by atoms with van der Waals surface area (Å²) < 4.78 is 0. The first kappa shape index (κ1) is 20.8. The third-order valence-corrected chi connectivity index (χ3v) is 3.71. The first-order chi connectivity index (χ1) is 10.6. The van der Waals surface area contributed by atoms with E-state index < -0.39 is 0 Å². The van der Waals surface area contributed by atoms with Gasteiger partial charge in [0.1, 0.15) is 0 Å². The van der Waals surface area contributed by atoms with Gasteiger partial charge in [-0.2, -0.15) is 0 Å². The molecule has 0 radical (unpaired) electrons. The van der Waals surface area contributed by atoms with Crippen molar-refractivity contribution in [2.75, 3.05) is 0 Å². The third-order valence-electron chi connectivity index (χ3n) is 2.80. The molecular weight excluding hydrogens is 311 g/mol. The molecule has 0 amide bonds. The Morgan fingerprint density at radius 3 is 1.00 bits per heavy atom. The van der Waals surface area contributed by atoms with E-state index in [0.29, 0.717) is 10.1 Å².